The van der Waals surface area contributed by atoms with Crippen LogP contribution in [0.25, 0.3) is 0 Å². The third-order valence-corrected chi connectivity index (χ3v) is 16.7. The van der Waals surface area contributed by atoms with Gasteiger partial charge in [0.05, 0.1) is 18.3 Å². The number of aliphatic hydroxyl groups excluding tert-OH is 1. The van der Waals surface area contributed by atoms with E-state index in [1.54, 1.807) is 0 Å². The predicted molar refractivity (Wildman–Crippen MR) is 126 cm³/mol. The maximum atomic E-state index is 11.1. The maximum absolute atomic E-state index is 11.1. The van der Waals surface area contributed by atoms with Crippen molar-refractivity contribution in [3.63, 3.8) is 0 Å². The van der Waals surface area contributed by atoms with Crippen LogP contribution < -0.4 is 0 Å². The number of hydrogen-bond donors (Lipinski definition) is 1. The Labute approximate surface area is 181 Å². The van der Waals surface area contributed by atoms with Crippen molar-refractivity contribution in [2.45, 2.75) is 128 Å². The van der Waals surface area contributed by atoms with Gasteiger partial charge in [0, 0.05) is 5.92 Å². The number of fused-ring (bicyclic) bond motifs is 1. The molecule has 0 unspecified atom stereocenters. The Morgan fingerprint density at radius 1 is 1.00 bits per heavy atom. The standard InChI is InChI=1S/C23H46O4Si2/c1-15(2)13-17(24)16-14-18(26-28(9,10)22(3,4)5)20-21(25-20)19(16)27-29(11,12)23(6,7)8/h16-21,24H,1,13-14H2,2-12H3/t16-,17+,18-,19-,20-,21+/m0/s1. The Hall–Kier alpha value is 0.0138. The van der Waals surface area contributed by atoms with Gasteiger partial charge in [0.25, 0.3) is 0 Å². The van der Waals surface area contributed by atoms with Gasteiger partial charge in [0.2, 0.25) is 0 Å². The van der Waals surface area contributed by atoms with E-state index >= 15 is 0 Å². The molecule has 4 nitrogen and oxygen atoms in total. The fourth-order valence-corrected chi connectivity index (χ4v) is 6.39. The van der Waals surface area contributed by atoms with Gasteiger partial charge in [-0.25, -0.2) is 0 Å². The van der Waals surface area contributed by atoms with E-state index in [1.807, 2.05) is 6.92 Å². The highest BCUT2D eigenvalue weighted by atomic mass is 28.4. The maximum Gasteiger partial charge on any atom is 0.192 e. The molecule has 1 saturated heterocycles. The van der Waals surface area contributed by atoms with Crippen LogP contribution in [0.4, 0.5) is 0 Å². The van der Waals surface area contributed by atoms with Gasteiger partial charge in [-0.05, 0) is 56.0 Å². The summed E-state index contributed by atoms with van der Waals surface area (Å²) in [6.07, 6.45) is 1.05. The summed E-state index contributed by atoms with van der Waals surface area (Å²) in [5.74, 6) is 0.0133. The van der Waals surface area contributed by atoms with E-state index in [4.69, 9.17) is 13.6 Å². The molecule has 2 rings (SSSR count). The first-order valence-corrected chi connectivity index (χ1v) is 17.0. The molecule has 2 fully saturated rings. The number of ether oxygens (including phenoxy) is 1. The summed E-state index contributed by atoms with van der Waals surface area (Å²) < 4.78 is 19.8. The molecular formula is C23H46O4Si2. The normalized spacial score (nSPS) is 31.9. The van der Waals surface area contributed by atoms with Crippen LogP contribution in [-0.2, 0) is 13.6 Å². The molecule has 0 aromatic carbocycles. The first-order chi connectivity index (χ1) is 12.9. The van der Waals surface area contributed by atoms with Crippen LogP contribution in [0.5, 0.6) is 0 Å². The highest BCUT2D eigenvalue weighted by molar-refractivity contribution is 6.74. The van der Waals surface area contributed by atoms with Crippen molar-refractivity contribution >= 4 is 16.6 Å². The first kappa shape index (κ1) is 25.3. The molecule has 0 amide bonds. The zero-order chi connectivity index (χ0) is 22.6. The second-order valence-electron chi connectivity index (χ2n) is 12.5. The van der Waals surface area contributed by atoms with Crippen LogP contribution >= 0.6 is 0 Å². The van der Waals surface area contributed by atoms with E-state index in [-0.39, 0.29) is 40.4 Å². The van der Waals surface area contributed by atoms with Gasteiger partial charge in [-0.15, -0.1) is 6.58 Å². The average Bonchev–Trinajstić information content (AvgIpc) is 3.26. The second kappa shape index (κ2) is 8.17. The zero-order valence-corrected chi connectivity index (χ0v) is 22.8. The minimum atomic E-state index is -1.98. The van der Waals surface area contributed by atoms with E-state index in [0.29, 0.717) is 6.42 Å². The summed E-state index contributed by atoms with van der Waals surface area (Å²) in [5.41, 5.74) is 1.00. The largest absolute Gasteiger partial charge is 0.411 e. The second-order valence-corrected chi connectivity index (χ2v) is 22.0. The summed E-state index contributed by atoms with van der Waals surface area (Å²) in [7, 11) is -3.89. The van der Waals surface area contributed by atoms with E-state index in [2.05, 4.69) is 74.3 Å². The monoisotopic (exact) mass is 442 g/mol. The van der Waals surface area contributed by atoms with Gasteiger partial charge >= 0.3 is 0 Å². The van der Waals surface area contributed by atoms with Crippen molar-refractivity contribution in [2.75, 3.05) is 0 Å². The molecule has 1 aliphatic heterocycles. The van der Waals surface area contributed by atoms with Crippen molar-refractivity contribution in [3.05, 3.63) is 12.2 Å². The molecule has 0 aromatic heterocycles. The lowest BCUT2D eigenvalue weighted by Crippen LogP contribution is -2.55. The van der Waals surface area contributed by atoms with Crippen LogP contribution in [0.2, 0.25) is 36.3 Å². The third kappa shape index (κ3) is 5.63. The van der Waals surface area contributed by atoms with E-state index in [9.17, 15) is 5.11 Å². The van der Waals surface area contributed by atoms with Crippen molar-refractivity contribution in [1.82, 2.24) is 0 Å². The number of aliphatic hydroxyl groups is 1. The van der Waals surface area contributed by atoms with Crippen molar-refractivity contribution in [3.8, 4) is 0 Å². The fraction of sp³-hybridized carbons (Fsp3) is 0.913. The molecule has 0 radical (unpaired) electrons. The summed E-state index contributed by atoms with van der Waals surface area (Å²) in [6.45, 7) is 28.7. The molecule has 0 aromatic rings. The Morgan fingerprint density at radius 2 is 1.48 bits per heavy atom. The molecular weight excluding hydrogens is 396 g/mol. The fourth-order valence-electron chi connectivity index (χ4n) is 3.71. The predicted octanol–water partition coefficient (Wildman–Crippen LogP) is 5.88. The van der Waals surface area contributed by atoms with Gasteiger partial charge in [0.1, 0.15) is 12.2 Å². The highest BCUT2D eigenvalue weighted by Crippen LogP contribution is 2.50. The van der Waals surface area contributed by atoms with Crippen molar-refractivity contribution in [2.24, 2.45) is 5.92 Å². The Morgan fingerprint density at radius 3 is 1.93 bits per heavy atom. The Bertz CT molecular complexity index is 603. The molecule has 6 heteroatoms. The van der Waals surface area contributed by atoms with Crippen molar-refractivity contribution < 1.29 is 18.7 Å². The minimum absolute atomic E-state index is 0.0133. The van der Waals surface area contributed by atoms with E-state index in [0.717, 1.165) is 12.0 Å². The Kier molecular flexibility index (Phi) is 7.12. The molecule has 0 spiro atoms. The van der Waals surface area contributed by atoms with Gasteiger partial charge < -0.3 is 18.7 Å². The lowest BCUT2D eigenvalue weighted by Gasteiger charge is -2.46. The molecule has 1 aliphatic carbocycles. The summed E-state index contributed by atoms with van der Waals surface area (Å²) in [6, 6.07) is 0. The highest BCUT2D eigenvalue weighted by Gasteiger charge is 2.61. The minimum Gasteiger partial charge on any atom is -0.411 e. The van der Waals surface area contributed by atoms with Crippen LogP contribution in [-0.4, -0.2) is 52.3 Å². The zero-order valence-electron chi connectivity index (χ0n) is 20.8. The molecule has 1 heterocycles. The average molecular weight is 443 g/mol. The molecule has 0 bridgehead atoms. The Balaban J connectivity index is 2.26. The number of rotatable bonds is 7. The number of hydrogen-bond acceptors (Lipinski definition) is 4. The summed E-state index contributed by atoms with van der Waals surface area (Å²) in [5, 5.41) is 11.4. The van der Waals surface area contributed by atoms with Gasteiger partial charge in [-0.1, -0.05) is 47.1 Å². The van der Waals surface area contributed by atoms with Crippen LogP contribution in [0, 0.1) is 5.92 Å². The van der Waals surface area contributed by atoms with Crippen LogP contribution in [0.15, 0.2) is 12.2 Å². The molecule has 170 valence electrons. The summed E-state index contributed by atoms with van der Waals surface area (Å²) >= 11 is 0. The van der Waals surface area contributed by atoms with Crippen molar-refractivity contribution in [1.29, 1.82) is 0 Å². The van der Waals surface area contributed by atoms with Gasteiger partial charge in [-0.2, -0.15) is 0 Å². The van der Waals surface area contributed by atoms with E-state index < -0.39 is 22.7 Å². The number of epoxide rings is 1. The molecule has 1 N–H and O–H groups in total. The third-order valence-electron chi connectivity index (χ3n) is 7.72. The lowest BCUT2D eigenvalue weighted by atomic mass is 9.79. The van der Waals surface area contributed by atoms with Crippen LogP contribution in [0.1, 0.15) is 61.3 Å². The van der Waals surface area contributed by atoms with Gasteiger partial charge in [0.15, 0.2) is 16.6 Å². The lowest BCUT2D eigenvalue weighted by molar-refractivity contribution is -0.0257. The molecule has 6 atom stereocenters. The van der Waals surface area contributed by atoms with Crippen LogP contribution in [0.3, 0.4) is 0 Å². The molecule has 2 aliphatic rings. The van der Waals surface area contributed by atoms with Gasteiger partial charge in [-0.3, -0.25) is 0 Å². The first-order valence-electron chi connectivity index (χ1n) is 11.2. The molecule has 29 heavy (non-hydrogen) atoms. The molecule has 1 saturated carbocycles. The SMILES string of the molecule is C=C(C)C[C@@H](O)[C@@H]1C[C@H](O[Si](C)(C)C(C)(C)C)[C@@H]2O[C@@H]2[C@H]1O[Si](C)(C)C(C)(C)C. The summed E-state index contributed by atoms with van der Waals surface area (Å²) in [4.78, 5) is 0. The van der Waals surface area contributed by atoms with E-state index in [1.165, 1.54) is 0 Å². The quantitative estimate of drug-likeness (QED) is 0.304. The smallest absolute Gasteiger partial charge is 0.192 e. The topological polar surface area (TPSA) is 51.2 Å².